The van der Waals surface area contributed by atoms with Gasteiger partial charge in [-0.25, -0.2) is 4.85 Å². The van der Waals surface area contributed by atoms with Gasteiger partial charge in [-0.15, -0.1) is 10.2 Å². The maximum atomic E-state index is 11.7. The summed E-state index contributed by atoms with van der Waals surface area (Å²) in [7, 11) is 0. The lowest BCUT2D eigenvalue weighted by atomic mass is 9.92. The molecule has 0 aliphatic rings. The number of aliphatic hydroxyl groups is 1. The van der Waals surface area contributed by atoms with Crippen LogP contribution < -0.4 is 5.32 Å². The van der Waals surface area contributed by atoms with Crippen LogP contribution in [0, 0.1) is 13.5 Å². The summed E-state index contributed by atoms with van der Waals surface area (Å²) in [5.41, 5.74) is 3.51. The van der Waals surface area contributed by atoms with Gasteiger partial charge in [0.1, 0.15) is 0 Å². The second kappa shape index (κ2) is 10.4. The minimum Gasteiger partial charge on any atom is -0.420 e. The summed E-state index contributed by atoms with van der Waals surface area (Å²) in [5.74, 6) is 0.188. The second-order valence-corrected chi connectivity index (χ2v) is 8.04. The Morgan fingerprint density at radius 1 is 1.25 bits per heavy atom. The molecule has 0 radical (unpaired) electrons. The van der Waals surface area contributed by atoms with Crippen molar-refractivity contribution in [1.29, 1.82) is 0 Å². The van der Waals surface area contributed by atoms with Gasteiger partial charge in [0.2, 0.25) is 23.4 Å². The Morgan fingerprint density at radius 2 is 1.97 bits per heavy atom. The summed E-state index contributed by atoms with van der Waals surface area (Å²) >= 11 is 6.30. The average Bonchev–Trinajstić information content (AvgIpc) is 3.25. The van der Waals surface area contributed by atoms with Crippen molar-refractivity contribution in [2.45, 2.75) is 52.1 Å². The lowest BCUT2D eigenvalue weighted by Gasteiger charge is -2.18. The van der Waals surface area contributed by atoms with Gasteiger partial charge in [0.15, 0.2) is 0 Å². The Labute approximate surface area is 192 Å². The van der Waals surface area contributed by atoms with Crippen molar-refractivity contribution in [2.24, 2.45) is 0 Å². The number of amides is 1. The predicted molar refractivity (Wildman–Crippen MR) is 124 cm³/mol. The van der Waals surface area contributed by atoms with E-state index in [-0.39, 0.29) is 5.91 Å². The molecule has 3 aromatic rings. The molecule has 1 aromatic heterocycles. The molecule has 2 aromatic carbocycles. The van der Waals surface area contributed by atoms with E-state index in [4.69, 9.17) is 22.6 Å². The Morgan fingerprint density at radius 3 is 2.59 bits per heavy atom. The fourth-order valence-electron chi connectivity index (χ4n) is 3.37. The third-order valence-corrected chi connectivity index (χ3v) is 5.75. The van der Waals surface area contributed by atoms with E-state index in [9.17, 15) is 9.90 Å². The molecule has 8 heteroatoms. The molecule has 166 valence electrons. The van der Waals surface area contributed by atoms with Gasteiger partial charge in [-0.1, -0.05) is 30.7 Å². The first kappa shape index (κ1) is 23.5. The Balaban J connectivity index is 1.80. The molecule has 1 amide bonds. The molecule has 0 saturated heterocycles. The lowest BCUT2D eigenvalue weighted by Crippen LogP contribution is -2.18. The van der Waals surface area contributed by atoms with E-state index in [1.54, 1.807) is 37.3 Å². The van der Waals surface area contributed by atoms with Crippen LogP contribution in [0.1, 0.15) is 49.6 Å². The molecule has 0 aliphatic carbocycles. The Bertz CT molecular complexity index is 1130. The largest absolute Gasteiger partial charge is 0.420 e. The molecule has 2 atom stereocenters. The average molecular weight is 453 g/mol. The van der Waals surface area contributed by atoms with Crippen molar-refractivity contribution in [3.63, 3.8) is 0 Å². The third-order valence-electron chi connectivity index (χ3n) is 5.27. The molecule has 0 spiro atoms. The van der Waals surface area contributed by atoms with E-state index >= 15 is 0 Å². The summed E-state index contributed by atoms with van der Waals surface area (Å²) in [5, 5.41) is 21.9. The molecule has 0 saturated carbocycles. The van der Waals surface area contributed by atoms with Crippen LogP contribution >= 0.6 is 11.6 Å². The van der Waals surface area contributed by atoms with E-state index < -0.39 is 12.0 Å². The molecule has 0 unspecified atom stereocenters. The number of rotatable bonds is 8. The fraction of sp³-hybridized carbons (Fsp3) is 0.333. The van der Waals surface area contributed by atoms with Crippen LogP contribution in [0.5, 0.6) is 0 Å². The SMILES string of the molecule is [C-]#[N+]c1ccc(C[C@@H](c2nnc(-c3ccc(NC(=O)CCC)cc3)o2)[C@@H](C)O)c(C)c1Cl. The molecule has 3 rings (SSSR count). The molecule has 0 fully saturated rings. The predicted octanol–water partition coefficient (Wildman–Crippen LogP) is 5.69. The first-order valence-electron chi connectivity index (χ1n) is 10.4. The van der Waals surface area contributed by atoms with Crippen LogP contribution in [0.2, 0.25) is 5.02 Å². The number of aliphatic hydroxyl groups excluding tert-OH is 1. The zero-order valence-corrected chi connectivity index (χ0v) is 19.0. The highest BCUT2D eigenvalue weighted by Crippen LogP contribution is 2.34. The Hall–Kier alpha value is -3.21. The van der Waals surface area contributed by atoms with Crippen LogP contribution in [0.4, 0.5) is 11.4 Å². The first-order chi connectivity index (χ1) is 15.3. The van der Waals surface area contributed by atoms with E-state index in [1.165, 1.54) is 0 Å². The second-order valence-electron chi connectivity index (χ2n) is 7.67. The maximum absolute atomic E-state index is 11.7. The summed E-state index contributed by atoms with van der Waals surface area (Å²) in [6.45, 7) is 12.7. The molecule has 7 nitrogen and oxygen atoms in total. The van der Waals surface area contributed by atoms with Crippen molar-refractivity contribution in [3.05, 3.63) is 69.9 Å². The maximum Gasteiger partial charge on any atom is 0.247 e. The van der Waals surface area contributed by atoms with Gasteiger partial charge in [-0.05, 0) is 62.1 Å². The van der Waals surface area contributed by atoms with Gasteiger partial charge in [0.25, 0.3) is 0 Å². The van der Waals surface area contributed by atoms with Crippen molar-refractivity contribution >= 4 is 28.9 Å². The highest BCUT2D eigenvalue weighted by Gasteiger charge is 2.26. The Kier molecular flexibility index (Phi) is 7.62. The number of hydrogen-bond acceptors (Lipinski definition) is 5. The van der Waals surface area contributed by atoms with Crippen LogP contribution in [0.3, 0.4) is 0 Å². The van der Waals surface area contributed by atoms with Gasteiger partial charge in [-0.3, -0.25) is 4.79 Å². The van der Waals surface area contributed by atoms with E-state index in [0.29, 0.717) is 46.6 Å². The standard InChI is InChI=1S/C24H25ClN4O3/c1-5-6-21(31)27-18-10-7-16(8-11-18)23-28-29-24(32-23)19(15(3)30)13-17-9-12-20(26-4)22(25)14(17)2/h7-12,15,19,30H,5-6,13H2,1-3H3,(H,27,31)/t15-,19-/m1/s1. The number of anilines is 1. The number of carbonyl (C=O) groups is 1. The molecule has 0 aliphatic heterocycles. The van der Waals surface area contributed by atoms with Crippen molar-refractivity contribution in [2.75, 3.05) is 5.32 Å². The summed E-state index contributed by atoms with van der Waals surface area (Å²) < 4.78 is 5.89. The van der Waals surface area contributed by atoms with E-state index in [0.717, 1.165) is 17.5 Å². The molecule has 32 heavy (non-hydrogen) atoms. The monoisotopic (exact) mass is 452 g/mol. The molecular weight excluding hydrogens is 428 g/mol. The minimum absolute atomic E-state index is 0.0278. The number of nitrogens with zero attached hydrogens (tertiary/aromatic N) is 3. The normalized spacial score (nSPS) is 12.8. The van der Waals surface area contributed by atoms with Gasteiger partial charge >= 0.3 is 0 Å². The first-order valence-corrected chi connectivity index (χ1v) is 10.8. The number of hydrogen-bond donors (Lipinski definition) is 2. The molecular formula is C24H25ClN4O3. The van der Waals surface area contributed by atoms with Gasteiger partial charge in [-0.2, -0.15) is 0 Å². The summed E-state index contributed by atoms with van der Waals surface area (Å²) in [6, 6.07) is 10.7. The lowest BCUT2D eigenvalue weighted by molar-refractivity contribution is -0.116. The van der Waals surface area contributed by atoms with Crippen molar-refractivity contribution < 1.29 is 14.3 Å². The number of nitrogens with one attached hydrogen (secondary N) is 1. The molecule has 0 bridgehead atoms. The highest BCUT2D eigenvalue weighted by molar-refractivity contribution is 6.34. The van der Waals surface area contributed by atoms with Crippen molar-refractivity contribution in [1.82, 2.24) is 10.2 Å². The quantitative estimate of drug-likeness (QED) is 0.428. The number of aromatic nitrogens is 2. The van der Waals surface area contributed by atoms with Gasteiger partial charge in [0.05, 0.1) is 23.6 Å². The zero-order chi connectivity index (χ0) is 23.3. The zero-order valence-electron chi connectivity index (χ0n) is 18.2. The highest BCUT2D eigenvalue weighted by atomic mass is 35.5. The summed E-state index contributed by atoms with van der Waals surface area (Å²) in [4.78, 5) is 15.2. The fourth-order valence-corrected chi connectivity index (χ4v) is 3.59. The smallest absolute Gasteiger partial charge is 0.247 e. The number of carbonyl (C=O) groups excluding carboxylic acids is 1. The minimum atomic E-state index is -0.738. The number of benzene rings is 2. The molecule has 2 N–H and O–H groups in total. The molecule has 1 heterocycles. The topological polar surface area (TPSA) is 92.6 Å². The number of halogens is 1. The van der Waals surface area contributed by atoms with E-state index in [1.807, 2.05) is 19.9 Å². The summed E-state index contributed by atoms with van der Waals surface area (Å²) in [6.07, 6.45) is 0.958. The van der Waals surface area contributed by atoms with Crippen LogP contribution in [0.25, 0.3) is 16.3 Å². The van der Waals surface area contributed by atoms with Gasteiger partial charge < -0.3 is 14.8 Å². The van der Waals surface area contributed by atoms with Gasteiger partial charge in [0, 0.05) is 17.7 Å². The van der Waals surface area contributed by atoms with E-state index in [2.05, 4.69) is 20.4 Å². The van der Waals surface area contributed by atoms with Crippen molar-refractivity contribution in [3.8, 4) is 11.5 Å². The van der Waals surface area contributed by atoms with Crippen LogP contribution in [0.15, 0.2) is 40.8 Å². The third kappa shape index (κ3) is 5.34. The van der Waals surface area contributed by atoms with Crippen LogP contribution in [-0.4, -0.2) is 27.3 Å². The van der Waals surface area contributed by atoms with Crippen LogP contribution in [-0.2, 0) is 11.2 Å².